The first-order valence-electron chi connectivity index (χ1n) is 5.79. The van der Waals surface area contributed by atoms with E-state index in [9.17, 15) is 4.79 Å². The zero-order chi connectivity index (χ0) is 13.7. The first-order chi connectivity index (χ1) is 8.45. The minimum Gasteiger partial charge on any atom is -0.382 e. The molecule has 102 valence electrons. The average Bonchev–Trinajstić information content (AvgIpc) is 2.66. The highest BCUT2D eigenvalue weighted by molar-refractivity contribution is 7.99. The van der Waals surface area contributed by atoms with Gasteiger partial charge < -0.3 is 16.4 Å². The third kappa shape index (κ3) is 4.06. The molecule has 0 aliphatic heterocycles. The van der Waals surface area contributed by atoms with Crippen LogP contribution < -0.4 is 16.4 Å². The Labute approximate surface area is 116 Å². The summed E-state index contributed by atoms with van der Waals surface area (Å²) in [6, 6.07) is -0.297. The summed E-state index contributed by atoms with van der Waals surface area (Å²) in [5.41, 5.74) is 5.74. The van der Waals surface area contributed by atoms with E-state index in [-0.39, 0.29) is 11.9 Å². The Kier molecular flexibility index (Phi) is 5.74. The van der Waals surface area contributed by atoms with Crippen molar-refractivity contribution in [3.05, 3.63) is 0 Å². The number of nitrogen functional groups attached to an aromatic ring is 1. The molecule has 4 N–H and O–H groups in total. The van der Waals surface area contributed by atoms with Gasteiger partial charge >= 0.3 is 0 Å². The van der Waals surface area contributed by atoms with Crippen molar-refractivity contribution in [1.29, 1.82) is 0 Å². The number of nitrogens with one attached hydrogen (secondary N) is 2. The first-order valence-corrected chi connectivity index (χ1v) is 7.78. The van der Waals surface area contributed by atoms with Gasteiger partial charge in [-0.3, -0.25) is 4.79 Å². The van der Waals surface area contributed by atoms with Crippen LogP contribution in [-0.2, 0) is 4.79 Å². The first kappa shape index (κ1) is 15.1. The summed E-state index contributed by atoms with van der Waals surface area (Å²) in [6.07, 6.45) is 1.94. The smallest absolute Gasteiger partial charge is 0.242 e. The number of anilines is 2. The molecule has 5 nitrogen and oxygen atoms in total. The van der Waals surface area contributed by atoms with Gasteiger partial charge in [-0.1, -0.05) is 13.8 Å². The van der Waals surface area contributed by atoms with Crippen molar-refractivity contribution < 1.29 is 4.79 Å². The molecule has 1 rings (SSSR count). The van der Waals surface area contributed by atoms with Gasteiger partial charge in [-0.05, 0) is 30.6 Å². The number of hydrogen-bond donors (Lipinski definition) is 3. The molecule has 0 aliphatic carbocycles. The summed E-state index contributed by atoms with van der Waals surface area (Å²) in [5.74, 6) is 0.953. The van der Waals surface area contributed by atoms with Crippen LogP contribution in [0.1, 0.15) is 20.8 Å². The van der Waals surface area contributed by atoms with Crippen LogP contribution in [0.2, 0.25) is 0 Å². The van der Waals surface area contributed by atoms with Gasteiger partial charge in [0, 0.05) is 6.54 Å². The maximum absolute atomic E-state index is 11.8. The van der Waals surface area contributed by atoms with E-state index >= 15 is 0 Å². The molecule has 1 aromatic heterocycles. The Morgan fingerprint density at radius 2 is 2.17 bits per heavy atom. The quantitative estimate of drug-likeness (QED) is 0.698. The number of amides is 1. The third-order valence-corrected chi connectivity index (χ3v) is 4.05. The van der Waals surface area contributed by atoms with Crippen LogP contribution in [0.15, 0.2) is 4.90 Å². The highest BCUT2D eigenvalue weighted by Gasteiger charge is 2.17. The van der Waals surface area contributed by atoms with E-state index in [1.807, 2.05) is 13.2 Å². The number of hydrogen-bond acceptors (Lipinski definition) is 6. The van der Waals surface area contributed by atoms with E-state index in [0.29, 0.717) is 18.3 Å². The molecule has 1 aromatic rings. The lowest BCUT2D eigenvalue weighted by Gasteiger charge is -2.15. The van der Waals surface area contributed by atoms with Crippen molar-refractivity contribution in [1.82, 2.24) is 9.69 Å². The number of rotatable bonds is 6. The standard InChI is InChI=1S/C11H20N4OS2/c1-6(2)5-13-10(16)7(3)14-11-8(17-4)9(12)15-18-11/h6-7,14H,5H2,1-4H3,(H2,12,15)(H,13,16). The molecule has 0 saturated carbocycles. The zero-order valence-electron chi connectivity index (χ0n) is 11.1. The van der Waals surface area contributed by atoms with Gasteiger partial charge in [0.1, 0.15) is 11.0 Å². The summed E-state index contributed by atoms with van der Waals surface area (Å²) in [4.78, 5) is 12.7. The minimum absolute atomic E-state index is 0.0114. The van der Waals surface area contributed by atoms with Crippen LogP contribution >= 0.6 is 23.3 Å². The van der Waals surface area contributed by atoms with Crippen LogP contribution in [0.25, 0.3) is 0 Å². The Hall–Kier alpha value is -0.950. The van der Waals surface area contributed by atoms with Gasteiger partial charge in [0.25, 0.3) is 0 Å². The van der Waals surface area contributed by atoms with Crippen molar-refractivity contribution in [3.8, 4) is 0 Å². The third-order valence-electron chi connectivity index (χ3n) is 2.30. The monoisotopic (exact) mass is 288 g/mol. The van der Waals surface area contributed by atoms with Gasteiger partial charge in [-0.2, -0.15) is 4.37 Å². The highest BCUT2D eigenvalue weighted by Crippen LogP contribution is 2.34. The van der Waals surface area contributed by atoms with Crippen LogP contribution in [-0.4, -0.2) is 29.1 Å². The van der Waals surface area contributed by atoms with Crippen molar-refractivity contribution >= 4 is 40.0 Å². The van der Waals surface area contributed by atoms with E-state index in [0.717, 1.165) is 9.90 Å². The molecular weight excluding hydrogens is 268 g/mol. The Bertz CT molecular complexity index is 406. The summed E-state index contributed by atoms with van der Waals surface area (Å²) < 4.78 is 4.08. The lowest BCUT2D eigenvalue weighted by atomic mass is 10.2. The fraction of sp³-hybridized carbons (Fsp3) is 0.636. The summed E-state index contributed by atoms with van der Waals surface area (Å²) in [6.45, 7) is 6.64. The van der Waals surface area contributed by atoms with Crippen LogP contribution in [0.3, 0.4) is 0 Å². The SMILES string of the molecule is CSc1c(N)nsc1NC(C)C(=O)NCC(C)C. The number of carbonyl (C=O) groups is 1. The molecule has 0 radical (unpaired) electrons. The molecule has 0 fully saturated rings. The molecular formula is C11H20N4OS2. The van der Waals surface area contributed by atoms with Crippen molar-refractivity contribution in [3.63, 3.8) is 0 Å². The summed E-state index contributed by atoms with van der Waals surface area (Å²) in [7, 11) is 0. The van der Waals surface area contributed by atoms with Crippen LogP contribution in [0, 0.1) is 5.92 Å². The summed E-state index contributed by atoms with van der Waals surface area (Å²) in [5, 5.41) is 6.89. The predicted molar refractivity (Wildman–Crippen MR) is 79.2 cm³/mol. The number of nitrogens with two attached hydrogens (primary N) is 1. The molecule has 7 heteroatoms. The van der Waals surface area contributed by atoms with Crippen molar-refractivity contribution in [2.24, 2.45) is 5.92 Å². The van der Waals surface area contributed by atoms with E-state index in [2.05, 4.69) is 28.9 Å². The number of thioether (sulfide) groups is 1. The van der Waals surface area contributed by atoms with Crippen molar-refractivity contribution in [2.45, 2.75) is 31.7 Å². The molecule has 1 amide bonds. The lowest BCUT2D eigenvalue weighted by Crippen LogP contribution is -2.39. The average molecular weight is 288 g/mol. The molecule has 18 heavy (non-hydrogen) atoms. The number of carbonyl (C=O) groups excluding carboxylic acids is 1. The molecule has 0 saturated heterocycles. The summed E-state index contributed by atoms with van der Waals surface area (Å²) >= 11 is 2.81. The second kappa shape index (κ2) is 6.84. The second-order valence-corrected chi connectivity index (χ2v) is 6.03. The lowest BCUT2D eigenvalue weighted by molar-refractivity contribution is -0.121. The van der Waals surface area contributed by atoms with Gasteiger partial charge in [0.15, 0.2) is 5.82 Å². The molecule has 0 aromatic carbocycles. The van der Waals surface area contributed by atoms with Crippen LogP contribution in [0.4, 0.5) is 10.8 Å². The van der Waals surface area contributed by atoms with Gasteiger partial charge in [0.05, 0.1) is 4.90 Å². The van der Waals surface area contributed by atoms with Gasteiger partial charge in [-0.15, -0.1) is 11.8 Å². The fourth-order valence-electron chi connectivity index (χ4n) is 1.30. The van der Waals surface area contributed by atoms with E-state index in [1.165, 1.54) is 23.3 Å². The van der Waals surface area contributed by atoms with Gasteiger partial charge in [-0.25, -0.2) is 0 Å². The normalized spacial score (nSPS) is 12.5. The molecule has 1 unspecified atom stereocenters. The largest absolute Gasteiger partial charge is 0.382 e. The Morgan fingerprint density at radius 3 is 2.72 bits per heavy atom. The molecule has 1 heterocycles. The topological polar surface area (TPSA) is 80.0 Å². The number of nitrogens with zero attached hydrogens (tertiary/aromatic N) is 1. The van der Waals surface area contributed by atoms with E-state index < -0.39 is 0 Å². The predicted octanol–water partition coefficient (Wildman–Crippen LogP) is 2.02. The fourth-order valence-corrected chi connectivity index (χ4v) is 2.92. The van der Waals surface area contributed by atoms with E-state index in [1.54, 1.807) is 0 Å². The Balaban J connectivity index is 2.58. The number of aromatic nitrogens is 1. The van der Waals surface area contributed by atoms with Gasteiger partial charge in [0.2, 0.25) is 5.91 Å². The molecule has 0 aliphatic rings. The molecule has 0 bridgehead atoms. The molecule has 1 atom stereocenters. The maximum atomic E-state index is 11.8. The van der Waals surface area contributed by atoms with E-state index in [4.69, 9.17) is 5.73 Å². The maximum Gasteiger partial charge on any atom is 0.242 e. The van der Waals surface area contributed by atoms with Crippen LogP contribution in [0.5, 0.6) is 0 Å². The highest BCUT2D eigenvalue weighted by atomic mass is 32.2. The Morgan fingerprint density at radius 1 is 1.50 bits per heavy atom. The van der Waals surface area contributed by atoms with Crippen molar-refractivity contribution in [2.75, 3.05) is 23.9 Å². The zero-order valence-corrected chi connectivity index (χ0v) is 12.7. The molecule has 0 spiro atoms. The second-order valence-electron chi connectivity index (χ2n) is 4.44. The minimum atomic E-state index is -0.297.